The molecule has 1 aliphatic heterocycles. The maximum Gasteiger partial charge on any atom is 0.351 e. The molecule has 1 saturated heterocycles. The second-order valence-electron chi connectivity index (χ2n) is 9.92. The monoisotopic (exact) mass is 462 g/mol. The van der Waals surface area contributed by atoms with Crippen molar-refractivity contribution in [2.24, 2.45) is 0 Å². The molecule has 9 nitrogen and oxygen atoms in total. The summed E-state index contributed by atoms with van der Waals surface area (Å²) in [6.07, 6.45) is 3.00. The highest BCUT2D eigenvalue weighted by molar-refractivity contribution is 5.89. The summed E-state index contributed by atoms with van der Waals surface area (Å²) in [7, 11) is 1.63. The molecule has 1 aromatic carbocycles. The quantitative estimate of drug-likeness (QED) is 0.498. The lowest BCUT2D eigenvalue weighted by molar-refractivity contribution is 0.145. The van der Waals surface area contributed by atoms with Crippen LogP contribution in [0, 0.1) is 0 Å². The molecule has 9 heteroatoms. The molecule has 0 spiro atoms. The number of pyridine rings is 1. The number of piperidine rings is 1. The number of aliphatic hydroxyl groups is 1. The molecule has 1 fully saturated rings. The van der Waals surface area contributed by atoms with E-state index >= 15 is 0 Å². The first-order chi connectivity index (χ1) is 16.2. The summed E-state index contributed by atoms with van der Waals surface area (Å²) in [5.41, 5.74) is 3.15. The van der Waals surface area contributed by atoms with Gasteiger partial charge in [0, 0.05) is 18.5 Å². The molecule has 0 radical (unpaired) electrons. The van der Waals surface area contributed by atoms with E-state index in [1.165, 1.54) is 4.52 Å². The highest BCUT2D eigenvalue weighted by Gasteiger charge is 2.24. The van der Waals surface area contributed by atoms with Gasteiger partial charge < -0.3 is 14.7 Å². The van der Waals surface area contributed by atoms with Gasteiger partial charge in [0.25, 0.3) is 0 Å². The molecular formula is C25H30N6O3. The van der Waals surface area contributed by atoms with E-state index in [0.29, 0.717) is 29.0 Å². The Hall–Kier alpha value is -3.46. The molecular weight excluding hydrogens is 432 g/mol. The Morgan fingerprint density at radius 2 is 1.85 bits per heavy atom. The standard InChI is InChI=1S/C25H30N6O3/c1-25(2,3)23-27-22-21-20(13-17(14-26-21)29-11-9-18(32)10-12-29)30(24(33)31(22)28-23)15-16-5-7-19(34-4)8-6-16/h5-8,13-14,18,32H,9-12,15H2,1-4H3. The van der Waals surface area contributed by atoms with E-state index in [2.05, 4.69) is 10.00 Å². The van der Waals surface area contributed by atoms with Gasteiger partial charge in [0.05, 0.1) is 37.2 Å². The number of hydrogen-bond acceptors (Lipinski definition) is 7. The summed E-state index contributed by atoms with van der Waals surface area (Å²) in [5.74, 6) is 1.36. The van der Waals surface area contributed by atoms with E-state index in [1.54, 1.807) is 11.7 Å². The zero-order valence-corrected chi connectivity index (χ0v) is 20.0. The number of hydrogen-bond donors (Lipinski definition) is 1. The minimum absolute atomic E-state index is 0.255. The Morgan fingerprint density at radius 1 is 1.15 bits per heavy atom. The van der Waals surface area contributed by atoms with E-state index in [0.717, 1.165) is 42.9 Å². The van der Waals surface area contributed by atoms with Crippen molar-refractivity contribution >= 4 is 22.4 Å². The Bertz CT molecular complexity index is 1390. The lowest BCUT2D eigenvalue weighted by atomic mass is 9.96. The summed E-state index contributed by atoms with van der Waals surface area (Å²) < 4.78 is 8.35. The molecule has 0 aliphatic carbocycles. The summed E-state index contributed by atoms with van der Waals surface area (Å²) in [4.78, 5) is 25.3. The van der Waals surface area contributed by atoms with E-state index in [1.807, 2.05) is 57.3 Å². The summed E-state index contributed by atoms with van der Waals surface area (Å²) in [5, 5.41) is 14.5. The average Bonchev–Trinajstić information content (AvgIpc) is 3.29. The molecule has 1 N–H and O–H groups in total. The summed E-state index contributed by atoms with van der Waals surface area (Å²) in [6.45, 7) is 7.93. The molecule has 0 amide bonds. The largest absolute Gasteiger partial charge is 0.497 e. The van der Waals surface area contributed by atoms with E-state index in [4.69, 9.17) is 14.7 Å². The molecule has 34 heavy (non-hydrogen) atoms. The van der Waals surface area contributed by atoms with Crippen LogP contribution in [0.1, 0.15) is 45.0 Å². The molecule has 0 unspecified atom stereocenters. The predicted octanol–water partition coefficient (Wildman–Crippen LogP) is 2.75. The van der Waals surface area contributed by atoms with Crippen LogP contribution in [0.2, 0.25) is 0 Å². The minimum Gasteiger partial charge on any atom is -0.497 e. The van der Waals surface area contributed by atoms with Crippen molar-refractivity contribution in [2.45, 2.75) is 51.7 Å². The van der Waals surface area contributed by atoms with Gasteiger partial charge in [0.1, 0.15) is 11.3 Å². The van der Waals surface area contributed by atoms with Crippen LogP contribution in [0.5, 0.6) is 5.75 Å². The number of nitrogens with zero attached hydrogens (tertiary/aromatic N) is 6. The van der Waals surface area contributed by atoms with E-state index in [-0.39, 0.29) is 17.2 Å². The number of anilines is 1. The van der Waals surface area contributed by atoms with Crippen molar-refractivity contribution in [3.05, 3.63) is 58.4 Å². The Morgan fingerprint density at radius 3 is 2.50 bits per heavy atom. The number of fused-ring (bicyclic) bond motifs is 3. The molecule has 3 aromatic heterocycles. The Kier molecular flexibility index (Phi) is 5.51. The second-order valence-corrected chi connectivity index (χ2v) is 9.92. The summed E-state index contributed by atoms with van der Waals surface area (Å²) in [6, 6.07) is 9.68. The first-order valence-electron chi connectivity index (χ1n) is 11.6. The molecule has 5 rings (SSSR count). The molecule has 1 aliphatic rings. The number of ether oxygens (including phenoxy) is 1. The second kappa shape index (κ2) is 8.39. The van der Waals surface area contributed by atoms with Crippen molar-refractivity contribution < 1.29 is 9.84 Å². The van der Waals surface area contributed by atoms with Crippen LogP contribution in [0.25, 0.3) is 16.7 Å². The first-order valence-corrected chi connectivity index (χ1v) is 11.6. The van der Waals surface area contributed by atoms with Crippen LogP contribution >= 0.6 is 0 Å². The van der Waals surface area contributed by atoms with Crippen LogP contribution in [0.15, 0.2) is 41.3 Å². The molecule has 0 bridgehead atoms. The van der Waals surface area contributed by atoms with E-state index in [9.17, 15) is 9.90 Å². The number of rotatable bonds is 4. The predicted molar refractivity (Wildman–Crippen MR) is 131 cm³/mol. The van der Waals surface area contributed by atoms with Gasteiger partial charge in [-0.05, 0) is 36.6 Å². The summed E-state index contributed by atoms with van der Waals surface area (Å²) >= 11 is 0. The highest BCUT2D eigenvalue weighted by atomic mass is 16.5. The topological polar surface area (TPSA) is 97.8 Å². The van der Waals surface area contributed by atoms with Gasteiger partial charge in [-0.15, -0.1) is 5.10 Å². The van der Waals surface area contributed by atoms with Gasteiger partial charge in [0.15, 0.2) is 11.5 Å². The molecule has 178 valence electrons. The Labute approximate surface area is 197 Å². The number of methoxy groups -OCH3 is 1. The average molecular weight is 463 g/mol. The van der Waals surface area contributed by atoms with E-state index < -0.39 is 0 Å². The maximum atomic E-state index is 13.7. The third kappa shape index (κ3) is 4.00. The fourth-order valence-corrected chi connectivity index (χ4v) is 4.32. The maximum absolute atomic E-state index is 13.7. The van der Waals surface area contributed by atoms with Gasteiger partial charge >= 0.3 is 5.69 Å². The van der Waals surface area contributed by atoms with Gasteiger partial charge in [-0.1, -0.05) is 32.9 Å². The Balaban J connectivity index is 1.70. The molecule has 0 saturated carbocycles. The van der Waals surface area contributed by atoms with Crippen LogP contribution < -0.4 is 15.3 Å². The molecule has 4 heterocycles. The normalized spacial score (nSPS) is 15.4. The van der Waals surface area contributed by atoms with Gasteiger partial charge in [-0.25, -0.2) is 14.8 Å². The number of benzene rings is 1. The van der Waals surface area contributed by atoms with Crippen LogP contribution in [0.4, 0.5) is 5.69 Å². The lowest BCUT2D eigenvalue weighted by Crippen LogP contribution is -2.36. The number of aliphatic hydroxyl groups excluding tert-OH is 1. The van der Waals surface area contributed by atoms with Crippen LogP contribution in [-0.2, 0) is 12.0 Å². The first kappa shape index (κ1) is 22.3. The van der Waals surface area contributed by atoms with Crippen molar-refractivity contribution in [3.8, 4) is 5.75 Å². The fraction of sp³-hybridized carbons (Fsp3) is 0.440. The smallest absolute Gasteiger partial charge is 0.351 e. The van der Waals surface area contributed by atoms with Crippen molar-refractivity contribution in [3.63, 3.8) is 0 Å². The van der Waals surface area contributed by atoms with Crippen LogP contribution in [-0.4, -0.2) is 55.6 Å². The zero-order chi connectivity index (χ0) is 24.0. The van der Waals surface area contributed by atoms with Gasteiger partial charge in [0.2, 0.25) is 0 Å². The van der Waals surface area contributed by atoms with Crippen molar-refractivity contribution in [2.75, 3.05) is 25.1 Å². The van der Waals surface area contributed by atoms with Crippen molar-refractivity contribution in [1.82, 2.24) is 24.1 Å². The molecule has 4 aromatic rings. The third-order valence-corrected chi connectivity index (χ3v) is 6.38. The van der Waals surface area contributed by atoms with Gasteiger partial charge in [-0.2, -0.15) is 4.52 Å². The fourth-order valence-electron chi connectivity index (χ4n) is 4.32. The van der Waals surface area contributed by atoms with Gasteiger partial charge in [-0.3, -0.25) is 4.57 Å². The highest BCUT2D eigenvalue weighted by Crippen LogP contribution is 2.26. The third-order valence-electron chi connectivity index (χ3n) is 6.38. The van der Waals surface area contributed by atoms with Crippen molar-refractivity contribution in [1.29, 1.82) is 0 Å². The minimum atomic E-state index is -0.305. The molecule has 0 atom stereocenters. The van der Waals surface area contributed by atoms with Crippen LogP contribution in [0.3, 0.4) is 0 Å². The number of aromatic nitrogens is 5. The SMILES string of the molecule is COc1ccc(Cn2c(=O)n3nc(C(C)(C)C)nc3c3ncc(N4CCC(O)CC4)cc32)cc1. The lowest BCUT2D eigenvalue weighted by Gasteiger charge is -2.31. The zero-order valence-electron chi connectivity index (χ0n) is 20.0.